The summed E-state index contributed by atoms with van der Waals surface area (Å²) >= 11 is 0. The van der Waals surface area contributed by atoms with Gasteiger partial charge >= 0.3 is 0 Å². The summed E-state index contributed by atoms with van der Waals surface area (Å²) < 4.78 is 6.83. The summed E-state index contributed by atoms with van der Waals surface area (Å²) in [4.78, 5) is 0. The topological polar surface area (TPSA) is 53.1 Å². The first-order valence-electron chi connectivity index (χ1n) is 6.55. The third-order valence-corrected chi connectivity index (χ3v) is 3.15. The minimum absolute atomic E-state index is 0.529. The van der Waals surface area contributed by atoms with Crippen molar-refractivity contribution in [3.05, 3.63) is 41.6 Å². The molecule has 1 aromatic carbocycles. The van der Waals surface area contributed by atoms with Crippen LogP contribution in [0.3, 0.4) is 0 Å². The van der Waals surface area contributed by atoms with Crippen molar-refractivity contribution >= 4 is 5.82 Å². The Kier molecular flexibility index (Phi) is 4.22. The Morgan fingerprint density at radius 3 is 2.53 bits per heavy atom. The number of nitrogen functional groups attached to an aromatic ring is 1. The molecule has 0 atom stereocenters. The molecule has 2 rings (SSSR count). The van der Waals surface area contributed by atoms with Crippen molar-refractivity contribution in [3.63, 3.8) is 0 Å². The molecule has 0 unspecified atom stereocenters. The molecule has 0 radical (unpaired) electrons. The fraction of sp³-hybridized carbons (Fsp3) is 0.400. The molecule has 0 amide bonds. The molecule has 0 aliphatic heterocycles. The molecule has 2 aromatic rings. The van der Waals surface area contributed by atoms with E-state index in [0.717, 1.165) is 17.8 Å². The fourth-order valence-electron chi connectivity index (χ4n) is 1.98. The van der Waals surface area contributed by atoms with Gasteiger partial charge in [-0.3, -0.25) is 0 Å². The van der Waals surface area contributed by atoms with Gasteiger partial charge in [0.1, 0.15) is 5.82 Å². The molecule has 102 valence electrons. The van der Waals surface area contributed by atoms with E-state index in [1.807, 2.05) is 6.07 Å². The maximum Gasteiger partial charge on any atom is 0.127 e. The number of anilines is 1. The zero-order valence-corrected chi connectivity index (χ0v) is 11.8. The van der Waals surface area contributed by atoms with Crippen LogP contribution in [0.4, 0.5) is 5.82 Å². The number of rotatable bonds is 5. The standard InChI is InChI=1S/C15H21N3O/c1-11(2)12-4-6-14(7-5-12)18-15(16)10-13(17-18)8-9-19-3/h4-7,10-11H,8-9,16H2,1-3H3. The first-order valence-corrected chi connectivity index (χ1v) is 6.55. The summed E-state index contributed by atoms with van der Waals surface area (Å²) in [6.45, 7) is 5.02. The molecule has 1 heterocycles. The Balaban J connectivity index is 2.23. The highest BCUT2D eigenvalue weighted by molar-refractivity contribution is 5.44. The van der Waals surface area contributed by atoms with Crippen molar-refractivity contribution in [2.75, 3.05) is 19.5 Å². The van der Waals surface area contributed by atoms with Gasteiger partial charge in [-0.1, -0.05) is 26.0 Å². The molecule has 0 aliphatic carbocycles. The summed E-state index contributed by atoms with van der Waals surface area (Å²) in [5, 5.41) is 4.50. The number of aromatic nitrogens is 2. The van der Waals surface area contributed by atoms with Gasteiger partial charge in [0, 0.05) is 19.6 Å². The number of hydrogen-bond donors (Lipinski definition) is 1. The number of ether oxygens (including phenoxy) is 1. The van der Waals surface area contributed by atoms with Gasteiger partial charge < -0.3 is 10.5 Å². The monoisotopic (exact) mass is 259 g/mol. The van der Waals surface area contributed by atoms with Crippen LogP contribution < -0.4 is 5.73 Å². The zero-order valence-electron chi connectivity index (χ0n) is 11.8. The molecule has 0 aliphatic rings. The van der Waals surface area contributed by atoms with Gasteiger partial charge in [-0.2, -0.15) is 5.10 Å². The second-order valence-corrected chi connectivity index (χ2v) is 4.96. The molecule has 0 bridgehead atoms. The first-order chi connectivity index (χ1) is 9.11. The van der Waals surface area contributed by atoms with Crippen LogP contribution in [0.2, 0.25) is 0 Å². The normalized spacial score (nSPS) is 11.2. The van der Waals surface area contributed by atoms with Crippen molar-refractivity contribution in [2.24, 2.45) is 0 Å². The quantitative estimate of drug-likeness (QED) is 0.898. The van der Waals surface area contributed by atoms with Gasteiger partial charge in [-0.25, -0.2) is 4.68 Å². The Labute approximate surface area is 114 Å². The Bertz CT molecular complexity index is 529. The average Bonchev–Trinajstić information content (AvgIpc) is 2.77. The van der Waals surface area contributed by atoms with E-state index >= 15 is 0 Å². The van der Waals surface area contributed by atoms with Gasteiger partial charge in [0.15, 0.2) is 0 Å². The molecule has 2 N–H and O–H groups in total. The summed E-state index contributed by atoms with van der Waals surface area (Å²) in [6.07, 6.45) is 0.776. The molecule has 0 spiro atoms. The molecule has 0 saturated heterocycles. The van der Waals surface area contributed by atoms with Crippen molar-refractivity contribution in [1.29, 1.82) is 0 Å². The Morgan fingerprint density at radius 2 is 1.95 bits per heavy atom. The maximum absolute atomic E-state index is 6.00. The lowest BCUT2D eigenvalue weighted by Gasteiger charge is -2.08. The molecular formula is C15H21N3O. The van der Waals surface area contributed by atoms with Crippen LogP contribution in [0.5, 0.6) is 0 Å². The summed E-state index contributed by atoms with van der Waals surface area (Å²) in [7, 11) is 1.69. The van der Waals surface area contributed by atoms with Crippen LogP contribution in [0.25, 0.3) is 5.69 Å². The van der Waals surface area contributed by atoms with Crippen molar-refractivity contribution in [1.82, 2.24) is 9.78 Å². The van der Waals surface area contributed by atoms with Crippen molar-refractivity contribution in [2.45, 2.75) is 26.2 Å². The number of nitrogens with zero attached hydrogens (tertiary/aromatic N) is 2. The van der Waals surface area contributed by atoms with Crippen LogP contribution >= 0.6 is 0 Å². The molecule has 0 fully saturated rings. The van der Waals surface area contributed by atoms with E-state index in [9.17, 15) is 0 Å². The second kappa shape index (κ2) is 5.89. The molecule has 0 saturated carbocycles. The van der Waals surface area contributed by atoms with E-state index in [1.165, 1.54) is 5.56 Å². The highest BCUT2D eigenvalue weighted by Crippen LogP contribution is 2.19. The molecule has 4 heteroatoms. The van der Waals surface area contributed by atoms with Gasteiger partial charge in [0.25, 0.3) is 0 Å². The van der Waals surface area contributed by atoms with Gasteiger partial charge in [0.05, 0.1) is 18.0 Å². The van der Waals surface area contributed by atoms with Crippen LogP contribution in [0.1, 0.15) is 31.0 Å². The van der Waals surface area contributed by atoms with E-state index in [4.69, 9.17) is 10.5 Å². The summed E-state index contributed by atoms with van der Waals surface area (Å²) in [5.41, 5.74) is 9.26. The smallest absolute Gasteiger partial charge is 0.127 e. The van der Waals surface area contributed by atoms with Crippen LogP contribution in [0.15, 0.2) is 30.3 Å². The van der Waals surface area contributed by atoms with Crippen LogP contribution in [-0.2, 0) is 11.2 Å². The maximum atomic E-state index is 6.00. The third kappa shape index (κ3) is 3.15. The fourth-order valence-corrected chi connectivity index (χ4v) is 1.98. The second-order valence-electron chi connectivity index (χ2n) is 4.96. The number of nitrogens with two attached hydrogens (primary N) is 1. The minimum Gasteiger partial charge on any atom is -0.384 e. The van der Waals surface area contributed by atoms with Crippen LogP contribution in [0, 0.1) is 0 Å². The summed E-state index contributed by atoms with van der Waals surface area (Å²) in [5.74, 6) is 1.18. The predicted molar refractivity (Wildman–Crippen MR) is 77.6 cm³/mol. The number of methoxy groups -OCH3 is 1. The minimum atomic E-state index is 0.529. The Morgan fingerprint density at radius 1 is 1.26 bits per heavy atom. The van der Waals surface area contributed by atoms with Gasteiger partial charge in [-0.15, -0.1) is 0 Å². The largest absolute Gasteiger partial charge is 0.384 e. The highest BCUT2D eigenvalue weighted by Gasteiger charge is 2.07. The zero-order chi connectivity index (χ0) is 13.8. The lowest BCUT2D eigenvalue weighted by molar-refractivity contribution is 0.201. The third-order valence-electron chi connectivity index (χ3n) is 3.15. The van der Waals surface area contributed by atoms with E-state index in [0.29, 0.717) is 18.3 Å². The van der Waals surface area contributed by atoms with Gasteiger partial charge in [-0.05, 0) is 23.6 Å². The van der Waals surface area contributed by atoms with E-state index in [-0.39, 0.29) is 0 Å². The average molecular weight is 259 g/mol. The number of hydrogen-bond acceptors (Lipinski definition) is 3. The Hall–Kier alpha value is -1.81. The van der Waals surface area contributed by atoms with E-state index < -0.39 is 0 Å². The SMILES string of the molecule is COCCc1cc(N)n(-c2ccc(C(C)C)cc2)n1. The highest BCUT2D eigenvalue weighted by atomic mass is 16.5. The van der Waals surface area contributed by atoms with Crippen molar-refractivity contribution < 1.29 is 4.74 Å². The molecular weight excluding hydrogens is 238 g/mol. The number of benzene rings is 1. The van der Waals surface area contributed by atoms with Crippen molar-refractivity contribution in [3.8, 4) is 5.69 Å². The first kappa shape index (κ1) is 13.6. The lowest BCUT2D eigenvalue weighted by Crippen LogP contribution is -2.03. The molecule has 19 heavy (non-hydrogen) atoms. The van der Waals surface area contributed by atoms with Crippen LogP contribution in [-0.4, -0.2) is 23.5 Å². The van der Waals surface area contributed by atoms with E-state index in [1.54, 1.807) is 11.8 Å². The van der Waals surface area contributed by atoms with E-state index in [2.05, 4.69) is 43.2 Å². The molecule has 4 nitrogen and oxygen atoms in total. The predicted octanol–water partition coefficient (Wildman–Crippen LogP) is 2.77. The molecule has 1 aromatic heterocycles. The lowest BCUT2D eigenvalue weighted by atomic mass is 10.0. The van der Waals surface area contributed by atoms with Gasteiger partial charge in [0.2, 0.25) is 0 Å². The summed E-state index contributed by atoms with van der Waals surface area (Å²) in [6, 6.07) is 10.2.